The predicted molar refractivity (Wildman–Crippen MR) is 102 cm³/mol. The van der Waals surface area contributed by atoms with Gasteiger partial charge in [0, 0.05) is 23.6 Å². The molecule has 0 aliphatic carbocycles. The molecule has 2 aromatic carbocycles. The Balaban J connectivity index is 1.60. The van der Waals surface area contributed by atoms with E-state index in [1.807, 2.05) is 35.1 Å². The molecule has 0 radical (unpaired) electrons. The molecule has 7 heteroatoms. The third-order valence-corrected chi connectivity index (χ3v) is 5.36. The second kappa shape index (κ2) is 6.85. The van der Waals surface area contributed by atoms with Crippen LogP contribution in [0.4, 0.5) is 0 Å². The summed E-state index contributed by atoms with van der Waals surface area (Å²) < 4.78 is 30.4. The highest BCUT2D eigenvalue weighted by atomic mass is 32.2. The minimum atomic E-state index is -3.19. The highest BCUT2D eigenvalue weighted by Gasteiger charge is 2.12. The third kappa shape index (κ3) is 3.68. The van der Waals surface area contributed by atoms with Crippen LogP contribution in [0.15, 0.2) is 82.7 Å². The highest BCUT2D eigenvalue weighted by molar-refractivity contribution is 7.90. The zero-order valence-corrected chi connectivity index (χ0v) is 15.4. The summed E-state index contributed by atoms with van der Waals surface area (Å²) in [7, 11) is -3.19. The van der Waals surface area contributed by atoms with Crippen LogP contribution in [0.3, 0.4) is 0 Å². The van der Waals surface area contributed by atoms with Crippen molar-refractivity contribution in [3.8, 4) is 22.6 Å². The lowest BCUT2D eigenvalue weighted by Gasteiger charge is -2.05. The summed E-state index contributed by atoms with van der Waals surface area (Å²) in [5.41, 5.74) is 3.81. The molecule has 0 spiro atoms. The van der Waals surface area contributed by atoms with Crippen LogP contribution in [0.2, 0.25) is 0 Å². The first-order chi connectivity index (χ1) is 13.0. The molecule has 0 amide bonds. The van der Waals surface area contributed by atoms with Gasteiger partial charge in [-0.05, 0) is 29.3 Å². The van der Waals surface area contributed by atoms with Gasteiger partial charge < -0.3 is 4.42 Å². The SMILES string of the molecule is CS(=O)(=O)c1ccc(Cn2cc(-c3ccccc3-c3ncco3)cn2)cc1. The molecule has 0 saturated carbocycles. The Kier molecular flexibility index (Phi) is 4.37. The molecule has 2 aromatic heterocycles. The minimum Gasteiger partial charge on any atom is -0.445 e. The van der Waals surface area contributed by atoms with Gasteiger partial charge in [0.15, 0.2) is 9.84 Å². The number of sulfone groups is 1. The molecule has 0 aliphatic heterocycles. The number of oxazole rings is 1. The molecule has 0 saturated heterocycles. The minimum absolute atomic E-state index is 0.312. The Labute approximate surface area is 157 Å². The summed E-state index contributed by atoms with van der Waals surface area (Å²) >= 11 is 0. The van der Waals surface area contributed by atoms with Crippen LogP contribution in [-0.4, -0.2) is 29.4 Å². The van der Waals surface area contributed by atoms with Gasteiger partial charge in [-0.1, -0.05) is 30.3 Å². The fraction of sp³-hybridized carbons (Fsp3) is 0.100. The summed E-state index contributed by atoms with van der Waals surface area (Å²) in [5.74, 6) is 0.565. The van der Waals surface area contributed by atoms with E-state index in [4.69, 9.17) is 4.42 Å². The van der Waals surface area contributed by atoms with E-state index in [1.165, 1.54) is 6.26 Å². The Morgan fingerprint density at radius 1 is 1.04 bits per heavy atom. The number of benzene rings is 2. The molecule has 4 aromatic rings. The van der Waals surface area contributed by atoms with Gasteiger partial charge in [0.1, 0.15) is 6.26 Å². The molecule has 0 unspecified atom stereocenters. The van der Waals surface area contributed by atoms with Gasteiger partial charge in [0.25, 0.3) is 0 Å². The van der Waals surface area contributed by atoms with E-state index in [1.54, 1.807) is 42.9 Å². The first kappa shape index (κ1) is 17.2. The molecule has 27 heavy (non-hydrogen) atoms. The van der Waals surface area contributed by atoms with Crippen molar-refractivity contribution in [3.63, 3.8) is 0 Å². The Bertz CT molecular complexity index is 1160. The molecular weight excluding hydrogens is 362 g/mol. The molecule has 136 valence electrons. The van der Waals surface area contributed by atoms with Gasteiger partial charge >= 0.3 is 0 Å². The van der Waals surface area contributed by atoms with Crippen LogP contribution < -0.4 is 0 Å². The van der Waals surface area contributed by atoms with Crippen molar-refractivity contribution in [2.75, 3.05) is 6.26 Å². The zero-order valence-electron chi connectivity index (χ0n) is 14.6. The van der Waals surface area contributed by atoms with Crippen LogP contribution >= 0.6 is 0 Å². The van der Waals surface area contributed by atoms with Gasteiger partial charge in [0.2, 0.25) is 5.89 Å². The van der Waals surface area contributed by atoms with E-state index < -0.39 is 9.84 Å². The lowest BCUT2D eigenvalue weighted by atomic mass is 10.0. The molecular formula is C20H17N3O3S. The molecule has 0 aliphatic rings. The quantitative estimate of drug-likeness (QED) is 0.529. The maximum atomic E-state index is 11.6. The summed E-state index contributed by atoms with van der Waals surface area (Å²) in [4.78, 5) is 4.54. The predicted octanol–water partition coefficient (Wildman–Crippen LogP) is 3.66. The molecule has 0 bridgehead atoms. The van der Waals surface area contributed by atoms with Crippen LogP contribution in [-0.2, 0) is 16.4 Å². The van der Waals surface area contributed by atoms with E-state index in [0.29, 0.717) is 17.3 Å². The van der Waals surface area contributed by atoms with E-state index in [0.717, 1.165) is 22.3 Å². The zero-order chi connectivity index (χ0) is 18.9. The number of nitrogens with zero attached hydrogens (tertiary/aromatic N) is 3. The van der Waals surface area contributed by atoms with Crippen molar-refractivity contribution in [2.24, 2.45) is 0 Å². The molecule has 0 atom stereocenters. The fourth-order valence-corrected chi connectivity index (χ4v) is 3.53. The molecule has 0 N–H and O–H groups in total. The topological polar surface area (TPSA) is 78.0 Å². The van der Waals surface area contributed by atoms with Gasteiger partial charge in [0.05, 0.1) is 23.8 Å². The smallest absolute Gasteiger partial charge is 0.226 e. The van der Waals surface area contributed by atoms with Crippen molar-refractivity contribution in [3.05, 3.63) is 78.9 Å². The maximum Gasteiger partial charge on any atom is 0.226 e. The largest absolute Gasteiger partial charge is 0.445 e. The molecule has 6 nitrogen and oxygen atoms in total. The Morgan fingerprint density at radius 3 is 2.44 bits per heavy atom. The summed E-state index contributed by atoms with van der Waals surface area (Å²) in [6.45, 7) is 0.547. The van der Waals surface area contributed by atoms with Gasteiger partial charge in [-0.25, -0.2) is 13.4 Å². The van der Waals surface area contributed by atoms with Crippen LogP contribution in [0.1, 0.15) is 5.56 Å². The average Bonchev–Trinajstić information content (AvgIpc) is 3.33. The first-order valence-electron chi connectivity index (χ1n) is 8.31. The van der Waals surface area contributed by atoms with Crippen molar-refractivity contribution in [1.82, 2.24) is 14.8 Å². The van der Waals surface area contributed by atoms with Crippen molar-refractivity contribution < 1.29 is 12.8 Å². The lowest BCUT2D eigenvalue weighted by molar-refractivity contribution is 0.575. The standard InChI is InChI=1S/C20H17N3O3S/c1-27(24,25)17-8-6-15(7-9-17)13-23-14-16(12-22-23)18-4-2-3-5-19(18)20-21-10-11-26-20/h2-12,14H,13H2,1H3. The van der Waals surface area contributed by atoms with Crippen LogP contribution in [0.5, 0.6) is 0 Å². The number of rotatable bonds is 5. The monoisotopic (exact) mass is 379 g/mol. The molecule has 0 fully saturated rings. The fourth-order valence-electron chi connectivity index (χ4n) is 2.90. The molecule has 2 heterocycles. The lowest BCUT2D eigenvalue weighted by Crippen LogP contribution is -2.01. The highest BCUT2D eigenvalue weighted by Crippen LogP contribution is 2.30. The number of aromatic nitrogens is 3. The summed E-state index contributed by atoms with van der Waals surface area (Å²) in [5, 5.41) is 4.43. The normalized spacial score (nSPS) is 11.6. The van der Waals surface area contributed by atoms with Gasteiger partial charge in [-0.3, -0.25) is 4.68 Å². The van der Waals surface area contributed by atoms with Crippen molar-refractivity contribution in [1.29, 1.82) is 0 Å². The average molecular weight is 379 g/mol. The second-order valence-electron chi connectivity index (χ2n) is 6.23. The van der Waals surface area contributed by atoms with Gasteiger partial charge in [-0.15, -0.1) is 0 Å². The Hall–Kier alpha value is -3.19. The molecule has 4 rings (SSSR count). The van der Waals surface area contributed by atoms with E-state index >= 15 is 0 Å². The van der Waals surface area contributed by atoms with E-state index in [-0.39, 0.29) is 0 Å². The summed E-state index contributed by atoms with van der Waals surface area (Å²) in [6, 6.07) is 14.7. The van der Waals surface area contributed by atoms with Crippen molar-refractivity contribution in [2.45, 2.75) is 11.4 Å². The maximum absolute atomic E-state index is 11.6. The van der Waals surface area contributed by atoms with Crippen LogP contribution in [0.25, 0.3) is 22.6 Å². The Morgan fingerprint density at radius 2 is 1.78 bits per heavy atom. The second-order valence-corrected chi connectivity index (χ2v) is 8.24. The van der Waals surface area contributed by atoms with E-state index in [9.17, 15) is 8.42 Å². The number of hydrogen-bond acceptors (Lipinski definition) is 5. The summed E-state index contributed by atoms with van der Waals surface area (Å²) in [6.07, 6.45) is 8.12. The van der Waals surface area contributed by atoms with Gasteiger partial charge in [-0.2, -0.15) is 5.10 Å². The van der Waals surface area contributed by atoms with E-state index in [2.05, 4.69) is 10.1 Å². The van der Waals surface area contributed by atoms with Crippen LogP contribution in [0, 0.1) is 0 Å². The third-order valence-electron chi connectivity index (χ3n) is 4.23. The number of hydrogen-bond donors (Lipinski definition) is 0. The first-order valence-corrected chi connectivity index (χ1v) is 10.2. The van der Waals surface area contributed by atoms with Crippen molar-refractivity contribution >= 4 is 9.84 Å².